The van der Waals surface area contributed by atoms with Gasteiger partial charge in [0.15, 0.2) is 0 Å². The quantitative estimate of drug-likeness (QED) is 0.438. The predicted molar refractivity (Wildman–Crippen MR) is 120 cm³/mol. The third kappa shape index (κ3) is 4.81. The van der Waals surface area contributed by atoms with E-state index in [0.29, 0.717) is 22.6 Å². The van der Waals surface area contributed by atoms with E-state index in [1.54, 1.807) is 24.3 Å². The van der Waals surface area contributed by atoms with Crippen molar-refractivity contribution in [2.24, 2.45) is 0 Å². The number of rotatable bonds is 6. The van der Waals surface area contributed by atoms with Crippen LogP contribution in [-0.4, -0.2) is 12.5 Å². The van der Waals surface area contributed by atoms with Gasteiger partial charge in [0.1, 0.15) is 5.58 Å². The van der Waals surface area contributed by atoms with Crippen molar-refractivity contribution in [1.29, 1.82) is 0 Å². The highest BCUT2D eigenvalue weighted by Gasteiger charge is 2.11. The van der Waals surface area contributed by atoms with Gasteiger partial charge in [0.2, 0.25) is 0 Å². The van der Waals surface area contributed by atoms with Crippen LogP contribution in [0.2, 0.25) is 0 Å². The normalized spacial score (nSPS) is 10.8. The summed E-state index contributed by atoms with van der Waals surface area (Å²) in [6, 6.07) is 24.9. The van der Waals surface area contributed by atoms with Gasteiger partial charge < -0.3 is 9.73 Å². The average molecular weight is 416 g/mol. The molecule has 0 radical (unpaired) electrons. The van der Waals surface area contributed by atoms with Crippen LogP contribution in [0.4, 0.5) is 0 Å². The molecule has 0 saturated carbocycles. The molecule has 0 spiro atoms. The van der Waals surface area contributed by atoms with Gasteiger partial charge in [0.25, 0.3) is 5.91 Å². The summed E-state index contributed by atoms with van der Waals surface area (Å²) in [5.74, 6) is -0.147. The SMILES string of the molecule is Cc1ccc(Sc2cc3cc(C(=O)NCCc4ccccc4)ccc3oc2=O)cc1. The van der Waals surface area contributed by atoms with E-state index in [0.717, 1.165) is 22.3 Å². The number of carbonyl (C=O) groups is 1. The number of fused-ring (bicyclic) bond motifs is 1. The van der Waals surface area contributed by atoms with E-state index in [4.69, 9.17) is 4.42 Å². The topological polar surface area (TPSA) is 59.3 Å². The maximum atomic E-state index is 12.5. The number of nitrogens with one attached hydrogen (secondary N) is 1. The number of amides is 1. The van der Waals surface area contributed by atoms with E-state index in [2.05, 4.69) is 5.32 Å². The lowest BCUT2D eigenvalue weighted by molar-refractivity contribution is 0.0954. The maximum Gasteiger partial charge on any atom is 0.350 e. The number of benzene rings is 3. The summed E-state index contributed by atoms with van der Waals surface area (Å²) >= 11 is 1.36. The monoisotopic (exact) mass is 415 g/mol. The van der Waals surface area contributed by atoms with Crippen molar-refractivity contribution < 1.29 is 9.21 Å². The summed E-state index contributed by atoms with van der Waals surface area (Å²) in [6.45, 7) is 2.57. The minimum absolute atomic E-state index is 0.147. The molecule has 1 amide bonds. The van der Waals surface area contributed by atoms with Crippen molar-refractivity contribution in [3.05, 3.63) is 106 Å². The molecule has 0 unspecified atom stereocenters. The molecule has 3 aromatic carbocycles. The van der Waals surface area contributed by atoms with Crippen LogP contribution >= 0.6 is 11.8 Å². The first-order valence-corrected chi connectivity index (χ1v) is 10.5. The molecule has 0 bridgehead atoms. The standard InChI is InChI=1S/C25H21NO3S/c1-17-7-10-21(11-8-17)30-23-16-20-15-19(9-12-22(20)29-25(23)28)24(27)26-14-13-18-5-3-2-4-6-18/h2-12,15-16H,13-14H2,1H3,(H,26,27). The van der Waals surface area contributed by atoms with Crippen molar-refractivity contribution >= 4 is 28.6 Å². The number of carbonyl (C=O) groups excluding carboxylic acids is 1. The molecule has 0 fully saturated rings. The van der Waals surface area contributed by atoms with E-state index in [1.807, 2.05) is 61.5 Å². The fourth-order valence-corrected chi connectivity index (χ4v) is 3.95. The molecule has 0 aliphatic heterocycles. The van der Waals surface area contributed by atoms with Crippen molar-refractivity contribution in [1.82, 2.24) is 5.32 Å². The van der Waals surface area contributed by atoms with Gasteiger partial charge >= 0.3 is 5.63 Å². The lowest BCUT2D eigenvalue weighted by Gasteiger charge is -2.07. The van der Waals surface area contributed by atoms with E-state index >= 15 is 0 Å². The zero-order valence-electron chi connectivity index (χ0n) is 16.6. The van der Waals surface area contributed by atoms with E-state index in [9.17, 15) is 9.59 Å². The van der Waals surface area contributed by atoms with Crippen molar-refractivity contribution in [2.45, 2.75) is 23.1 Å². The Morgan fingerprint density at radius 3 is 2.50 bits per heavy atom. The zero-order valence-corrected chi connectivity index (χ0v) is 17.4. The Hall–Kier alpha value is -3.31. The Balaban J connectivity index is 1.50. The van der Waals surface area contributed by atoms with Crippen LogP contribution in [0.5, 0.6) is 0 Å². The molecular formula is C25H21NO3S. The fourth-order valence-electron chi connectivity index (χ4n) is 3.12. The van der Waals surface area contributed by atoms with Gasteiger partial charge in [-0.3, -0.25) is 4.79 Å². The summed E-state index contributed by atoms with van der Waals surface area (Å²) in [5.41, 5.74) is 2.96. The first-order chi connectivity index (χ1) is 14.6. The Morgan fingerprint density at radius 1 is 0.967 bits per heavy atom. The van der Waals surface area contributed by atoms with E-state index in [-0.39, 0.29) is 11.5 Å². The van der Waals surface area contributed by atoms with Crippen molar-refractivity contribution in [2.75, 3.05) is 6.54 Å². The number of aryl methyl sites for hydroxylation is 1. The van der Waals surface area contributed by atoms with Crippen LogP contribution in [0.15, 0.2) is 97.9 Å². The van der Waals surface area contributed by atoms with E-state index < -0.39 is 0 Å². The van der Waals surface area contributed by atoms with Gasteiger partial charge in [-0.1, -0.05) is 59.8 Å². The van der Waals surface area contributed by atoms with Crippen LogP contribution in [-0.2, 0) is 6.42 Å². The van der Waals surface area contributed by atoms with Crippen LogP contribution in [0.1, 0.15) is 21.5 Å². The highest BCUT2D eigenvalue weighted by molar-refractivity contribution is 7.99. The highest BCUT2D eigenvalue weighted by Crippen LogP contribution is 2.28. The molecule has 0 saturated heterocycles. The second kappa shape index (κ2) is 9.01. The molecule has 4 rings (SSSR count). The Labute approximate surface area is 178 Å². The Bertz CT molecular complexity index is 1230. The summed E-state index contributed by atoms with van der Waals surface area (Å²) in [5, 5.41) is 3.67. The molecule has 0 atom stereocenters. The molecule has 1 N–H and O–H groups in total. The van der Waals surface area contributed by atoms with Gasteiger partial charge in [-0.05, 0) is 55.3 Å². The van der Waals surface area contributed by atoms with Crippen molar-refractivity contribution in [3.63, 3.8) is 0 Å². The molecule has 0 aliphatic carbocycles. The van der Waals surface area contributed by atoms with Crippen LogP contribution in [0.3, 0.4) is 0 Å². The van der Waals surface area contributed by atoms with Gasteiger partial charge in [0, 0.05) is 22.4 Å². The van der Waals surface area contributed by atoms with Gasteiger partial charge in [-0.15, -0.1) is 0 Å². The van der Waals surface area contributed by atoms with Gasteiger partial charge in [-0.2, -0.15) is 0 Å². The summed E-state index contributed by atoms with van der Waals surface area (Å²) < 4.78 is 5.45. The van der Waals surface area contributed by atoms with Crippen LogP contribution in [0, 0.1) is 6.92 Å². The fraction of sp³-hybridized carbons (Fsp3) is 0.120. The third-order valence-corrected chi connectivity index (χ3v) is 5.77. The first-order valence-electron chi connectivity index (χ1n) is 9.73. The Morgan fingerprint density at radius 2 is 1.73 bits per heavy atom. The Kier molecular flexibility index (Phi) is 6.00. The second-order valence-corrected chi connectivity index (χ2v) is 8.17. The highest BCUT2D eigenvalue weighted by atomic mass is 32.2. The van der Waals surface area contributed by atoms with Gasteiger partial charge in [-0.25, -0.2) is 4.79 Å². The molecule has 0 aliphatic rings. The number of hydrogen-bond acceptors (Lipinski definition) is 4. The molecule has 4 nitrogen and oxygen atoms in total. The average Bonchev–Trinajstić information content (AvgIpc) is 2.76. The second-order valence-electron chi connectivity index (χ2n) is 7.06. The molecule has 30 heavy (non-hydrogen) atoms. The lowest BCUT2D eigenvalue weighted by atomic mass is 10.1. The smallest absolute Gasteiger partial charge is 0.350 e. The minimum Gasteiger partial charge on any atom is -0.422 e. The number of hydrogen-bond donors (Lipinski definition) is 1. The largest absolute Gasteiger partial charge is 0.422 e. The summed E-state index contributed by atoms with van der Waals surface area (Å²) in [4.78, 5) is 26.3. The van der Waals surface area contributed by atoms with Gasteiger partial charge in [0.05, 0.1) is 4.90 Å². The third-order valence-electron chi connectivity index (χ3n) is 4.75. The molecule has 1 aromatic heterocycles. The van der Waals surface area contributed by atoms with E-state index in [1.165, 1.54) is 17.3 Å². The summed E-state index contributed by atoms with van der Waals surface area (Å²) in [6.07, 6.45) is 0.770. The van der Waals surface area contributed by atoms with Crippen molar-refractivity contribution in [3.8, 4) is 0 Å². The van der Waals surface area contributed by atoms with Crippen LogP contribution in [0.25, 0.3) is 11.0 Å². The predicted octanol–water partition coefficient (Wildman–Crippen LogP) is 5.23. The lowest BCUT2D eigenvalue weighted by Crippen LogP contribution is -2.25. The molecule has 150 valence electrons. The maximum absolute atomic E-state index is 12.5. The first kappa shape index (κ1) is 20.0. The molecule has 4 aromatic rings. The van der Waals surface area contributed by atoms with Crippen LogP contribution < -0.4 is 10.9 Å². The zero-order chi connectivity index (χ0) is 20.9. The minimum atomic E-state index is -0.381. The molecule has 1 heterocycles. The molecule has 5 heteroatoms. The summed E-state index contributed by atoms with van der Waals surface area (Å²) in [7, 11) is 0. The molecular weight excluding hydrogens is 394 g/mol.